The fourth-order valence-electron chi connectivity index (χ4n) is 0.707. The standard InChI is InChI=1S/C7H10O/c1-6-4-2-3-5-7(6)8/h2-8H,1H3/t6-,7-/m1/s1. The average Bonchev–Trinajstić information content (AvgIpc) is 1.77. The zero-order valence-electron chi connectivity index (χ0n) is 4.91. The molecule has 0 saturated heterocycles. The largest absolute Gasteiger partial charge is 0.388 e. The van der Waals surface area contributed by atoms with E-state index in [1.807, 2.05) is 25.2 Å². The molecule has 1 aliphatic carbocycles. The molecule has 0 bridgehead atoms. The van der Waals surface area contributed by atoms with Gasteiger partial charge in [-0.25, -0.2) is 0 Å². The lowest BCUT2D eigenvalue weighted by Gasteiger charge is -2.12. The number of hydrogen-bond acceptors (Lipinski definition) is 1. The first kappa shape index (κ1) is 5.57. The Morgan fingerprint density at radius 3 is 2.25 bits per heavy atom. The van der Waals surface area contributed by atoms with E-state index in [0.29, 0.717) is 5.92 Å². The van der Waals surface area contributed by atoms with E-state index in [1.54, 1.807) is 6.08 Å². The minimum atomic E-state index is -0.264. The van der Waals surface area contributed by atoms with E-state index in [1.165, 1.54) is 0 Å². The molecule has 0 aromatic carbocycles. The van der Waals surface area contributed by atoms with Crippen molar-refractivity contribution in [2.75, 3.05) is 0 Å². The van der Waals surface area contributed by atoms with Gasteiger partial charge in [0.05, 0.1) is 6.10 Å². The van der Waals surface area contributed by atoms with Crippen LogP contribution < -0.4 is 0 Å². The lowest BCUT2D eigenvalue weighted by atomic mass is 10.0. The highest BCUT2D eigenvalue weighted by Crippen LogP contribution is 2.09. The lowest BCUT2D eigenvalue weighted by Crippen LogP contribution is -2.13. The maximum atomic E-state index is 9.04. The Morgan fingerprint density at radius 1 is 1.25 bits per heavy atom. The van der Waals surface area contributed by atoms with Gasteiger partial charge in [-0.3, -0.25) is 0 Å². The molecule has 1 aliphatic rings. The Morgan fingerprint density at radius 2 is 1.88 bits per heavy atom. The third-order valence-electron chi connectivity index (χ3n) is 1.37. The van der Waals surface area contributed by atoms with Crippen LogP contribution in [0.15, 0.2) is 24.3 Å². The Hall–Kier alpha value is -0.560. The molecule has 0 aromatic heterocycles. The fraction of sp³-hybridized carbons (Fsp3) is 0.429. The second kappa shape index (κ2) is 2.14. The van der Waals surface area contributed by atoms with Crippen LogP contribution in [0.4, 0.5) is 0 Å². The maximum Gasteiger partial charge on any atom is 0.0783 e. The van der Waals surface area contributed by atoms with Crippen LogP contribution in [0.2, 0.25) is 0 Å². The zero-order chi connectivity index (χ0) is 5.98. The third kappa shape index (κ3) is 0.984. The monoisotopic (exact) mass is 110 g/mol. The predicted octanol–water partition coefficient (Wildman–Crippen LogP) is 1.11. The third-order valence-corrected chi connectivity index (χ3v) is 1.37. The van der Waals surface area contributed by atoms with E-state index < -0.39 is 0 Å². The molecular weight excluding hydrogens is 100 g/mol. The van der Waals surface area contributed by atoms with Gasteiger partial charge in [0.1, 0.15) is 0 Å². The van der Waals surface area contributed by atoms with Crippen molar-refractivity contribution in [1.29, 1.82) is 0 Å². The van der Waals surface area contributed by atoms with Crippen LogP contribution in [0.1, 0.15) is 6.92 Å². The Kier molecular flexibility index (Phi) is 1.49. The molecular formula is C7H10O. The van der Waals surface area contributed by atoms with Crippen molar-refractivity contribution < 1.29 is 5.11 Å². The molecule has 0 aliphatic heterocycles. The molecule has 1 nitrogen and oxygen atoms in total. The quantitative estimate of drug-likeness (QED) is 0.495. The van der Waals surface area contributed by atoms with Crippen molar-refractivity contribution in [3.8, 4) is 0 Å². The second-order valence-corrected chi connectivity index (χ2v) is 2.12. The summed E-state index contributed by atoms with van der Waals surface area (Å²) in [6, 6.07) is 0. The first-order valence-electron chi connectivity index (χ1n) is 2.84. The summed E-state index contributed by atoms with van der Waals surface area (Å²) in [5.41, 5.74) is 0. The van der Waals surface area contributed by atoms with E-state index in [4.69, 9.17) is 5.11 Å². The molecule has 1 rings (SSSR count). The fourth-order valence-corrected chi connectivity index (χ4v) is 0.707. The van der Waals surface area contributed by atoms with Gasteiger partial charge >= 0.3 is 0 Å². The summed E-state index contributed by atoms with van der Waals surface area (Å²) in [5.74, 6) is 0.292. The Bertz CT molecular complexity index is 108. The summed E-state index contributed by atoms with van der Waals surface area (Å²) in [7, 11) is 0. The van der Waals surface area contributed by atoms with E-state index in [0.717, 1.165) is 0 Å². The van der Waals surface area contributed by atoms with Crippen molar-refractivity contribution in [3.63, 3.8) is 0 Å². The molecule has 44 valence electrons. The van der Waals surface area contributed by atoms with E-state index in [9.17, 15) is 0 Å². The van der Waals surface area contributed by atoms with Crippen molar-refractivity contribution >= 4 is 0 Å². The first-order valence-corrected chi connectivity index (χ1v) is 2.84. The smallest absolute Gasteiger partial charge is 0.0783 e. The van der Waals surface area contributed by atoms with Crippen LogP contribution in [0.25, 0.3) is 0 Å². The molecule has 0 heterocycles. The summed E-state index contributed by atoms with van der Waals surface area (Å²) in [4.78, 5) is 0. The van der Waals surface area contributed by atoms with Crippen LogP contribution >= 0.6 is 0 Å². The Balaban J connectivity index is 2.59. The zero-order valence-corrected chi connectivity index (χ0v) is 4.91. The molecule has 0 amide bonds. The summed E-state index contributed by atoms with van der Waals surface area (Å²) >= 11 is 0. The summed E-state index contributed by atoms with van der Waals surface area (Å²) in [6.45, 7) is 1.99. The van der Waals surface area contributed by atoms with Gasteiger partial charge in [0.25, 0.3) is 0 Å². The number of allylic oxidation sites excluding steroid dienone is 2. The molecule has 0 saturated carbocycles. The van der Waals surface area contributed by atoms with Crippen LogP contribution in [-0.2, 0) is 0 Å². The van der Waals surface area contributed by atoms with Gasteiger partial charge in [-0.15, -0.1) is 0 Å². The van der Waals surface area contributed by atoms with E-state index in [-0.39, 0.29) is 6.10 Å². The van der Waals surface area contributed by atoms with Gasteiger partial charge in [0, 0.05) is 5.92 Å². The highest BCUT2D eigenvalue weighted by molar-refractivity contribution is 5.13. The topological polar surface area (TPSA) is 20.2 Å². The normalized spacial score (nSPS) is 35.8. The molecule has 0 radical (unpaired) electrons. The summed E-state index contributed by atoms with van der Waals surface area (Å²) < 4.78 is 0. The number of hydrogen-bond donors (Lipinski definition) is 1. The number of aliphatic hydroxyl groups is 1. The van der Waals surface area contributed by atoms with Gasteiger partial charge < -0.3 is 5.11 Å². The molecule has 2 atom stereocenters. The molecule has 0 unspecified atom stereocenters. The van der Waals surface area contributed by atoms with Gasteiger partial charge in [-0.1, -0.05) is 31.2 Å². The van der Waals surface area contributed by atoms with Gasteiger partial charge in [-0.05, 0) is 0 Å². The molecule has 1 heteroatoms. The van der Waals surface area contributed by atoms with Crippen LogP contribution in [-0.4, -0.2) is 11.2 Å². The number of rotatable bonds is 0. The summed E-state index contributed by atoms with van der Waals surface area (Å²) in [6.07, 6.45) is 7.34. The molecule has 0 fully saturated rings. The van der Waals surface area contributed by atoms with Gasteiger partial charge in [0.15, 0.2) is 0 Å². The minimum absolute atomic E-state index is 0.264. The first-order chi connectivity index (χ1) is 3.80. The Labute approximate surface area is 49.3 Å². The van der Waals surface area contributed by atoms with Crippen molar-refractivity contribution in [1.82, 2.24) is 0 Å². The predicted molar refractivity (Wildman–Crippen MR) is 33.5 cm³/mol. The summed E-state index contributed by atoms with van der Waals surface area (Å²) in [5, 5.41) is 9.04. The molecule has 8 heavy (non-hydrogen) atoms. The van der Waals surface area contributed by atoms with Crippen molar-refractivity contribution in [3.05, 3.63) is 24.3 Å². The molecule has 0 spiro atoms. The van der Waals surface area contributed by atoms with Crippen LogP contribution in [0.5, 0.6) is 0 Å². The molecule has 0 aromatic rings. The lowest BCUT2D eigenvalue weighted by molar-refractivity contribution is 0.184. The van der Waals surface area contributed by atoms with Crippen molar-refractivity contribution in [2.45, 2.75) is 13.0 Å². The maximum absolute atomic E-state index is 9.04. The number of aliphatic hydroxyl groups excluding tert-OH is 1. The van der Waals surface area contributed by atoms with E-state index in [2.05, 4.69) is 0 Å². The SMILES string of the molecule is C[C@@H]1C=CC=C[C@H]1O. The van der Waals surface area contributed by atoms with Crippen LogP contribution in [0, 0.1) is 5.92 Å². The average molecular weight is 110 g/mol. The second-order valence-electron chi connectivity index (χ2n) is 2.12. The van der Waals surface area contributed by atoms with Crippen LogP contribution in [0.3, 0.4) is 0 Å². The van der Waals surface area contributed by atoms with Gasteiger partial charge in [-0.2, -0.15) is 0 Å². The highest BCUT2D eigenvalue weighted by atomic mass is 16.3. The van der Waals surface area contributed by atoms with E-state index >= 15 is 0 Å². The van der Waals surface area contributed by atoms with Crippen molar-refractivity contribution in [2.24, 2.45) is 5.92 Å². The minimum Gasteiger partial charge on any atom is -0.388 e. The molecule has 1 N–H and O–H groups in total. The van der Waals surface area contributed by atoms with Gasteiger partial charge in [0.2, 0.25) is 0 Å². The highest BCUT2D eigenvalue weighted by Gasteiger charge is 2.07.